The standard InChI is InChI=1S/C12H14N2O.C3H6O3/c1-10(11-5-3-2-4-6-11)14-9-13-7-12(14)8-15;1-2(4)3(5)6/h2-7,9-10,15H,8H2,1H3;3,5-6H,1H3. The normalized spacial score (nSPS) is 11.7. The van der Waals surface area contributed by atoms with E-state index in [0.717, 1.165) is 12.6 Å². The quantitative estimate of drug-likeness (QED) is 0.727. The van der Waals surface area contributed by atoms with E-state index in [4.69, 9.17) is 15.3 Å². The lowest BCUT2D eigenvalue weighted by molar-refractivity contribution is -0.142. The van der Waals surface area contributed by atoms with Crippen LogP contribution >= 0.6 is 0 Å². The Bertz CT molecular complexity index is 552. The number of benzene rings is 1. The lowest BCUT2D eigenvalue weighted by Gasteiger charge is -2.15. The Morgan fingerprint density at radius 2 is 1.86 bits per heavy atom. The van der Waals surface area contributed by atoms with Crippen molar-refractivity contribution in [3.8, 4) is 0 Å². The van der Waals surface area contributed by atoms with Crippen LogP contribution in [0.3, 0.4) is 0 Å². The highest BCUT2D eigenvalue weighted by molar-refractivity contribution is 5.78. The van der Waals surface area contributed by atoms with Crippen LogP contribution in [0.15, 0.2) is 42.9 Å². The molecule has 0 saturated carbocycles. The van der Waals surface area contributed by atoms with Crippen molar-refractivity contribution in [2.24, 2.45) is 0 Å². The first-order valence-electron chi connectivity index (χ1n) is 6.50. The van der Waals surface area contributed by atoms with Gasteiger partial charge in [-0.2, -0.15) is 0 Å². The zero-order chi connectivity index (χ0) is 15.8. The van der Waals surface area contributed by atoms with Crippen molar-refractivity contribution in [2.45, 2.75) is 32.8 Å². The topological polar surface area (TPSA) is 95.6 Å². The molecule has 0 fully saturated rings. The molecule has 2 aromatic rings. The second-order valence-corrected chi connectivity index (χ2v) is 4.52. The minimum absolute atomic E-state index is 0.0250. The number of nitrogens with zero attached hydrogens (tertiary/aromatic N) is 2. The van der Waals surface area contributed by atoms with Gasteiger partial charge in [-0.15, -0.1) is 0 Å². The molecule has 6 nitrogen and oxygen atoms in total. The lowest BCUT2D eigenvalue weighted by Crippen LogP contribution is -2.14. The maximum absolute atomic E-state index is 9.64. The summed E-state index contributed by atoms with van der Waals surface area (Å²) >= 11 is 0. The summed E-state index contributed by atoms with van der Waals surface area (Å²) in [6.07, 6.45) is 1.66. The molecule has 0 bridgehead atoms. The van der Waals surface area contributed by atoms with E-state index in [1.165, 1.54) is 5.56 Å². The van der Waals surface area contributed by atoms with E-state index in [1.807, 2.05) is 22.8 Å². The number of aromatic nitrogens is 2. The summed E-state index contributed by atoms with van der Waals surface area (Å²) in [6, 6.07) is 10.4. The van der Waals surface area contributed by atoms with Gasteiger partial charge in [0, 0.05) is 0 Å². The van der Waals surface area contributed by atoms with Gasteiger partial charge < -0.3 is 19.9 Å². The fraction of sp³-hybridized carbons (Fsp3) is 0.333. The van der Waals surface area contributed by atoms with E-state index >= 15 is 0 Å². The molecular weight excluding hydrogens is 272 g/mol. The van der Waals surface area contributed by atoms with E-state index in [-0.39, 0.29) is 12.6 Å². The van der Waals surface area contributed by atoms with Gasteiger partial charge in [0.2, 0.25) is 6.29 Å². The van der Waals surface area contributed by atoms with E-state index in [2.05, 4.69) is 24.0 Å². The average Bonchev–Trinajstić information content (AvgIpc) is 2.96. The SMILES string of the molecule is CC(=O)C(O)O.CC(c1ccccc1)n1cncc1CO. The van der Waals surface area contributed by atoms with Crippen molar-refractivity contribution in [1.82, 2.24) is 9.55 Å². The molecular formula is C15H20N2O4. The molecule has 1 unspecified atom stereocenters. The molecule has 0 aliphatic carbocycles. The molecule has 1 heterocycles. The molecule has 2 rings (SSSR count). The molecule has 0 spiro atoms. The van der Waals surface area contributed by atoms with Crippen molar-refractivity contribution >= 4 is 5.78 Å². The fourth-order valence-electron chi connectivity index (χ4n) is 1.70. The van der Waals surface area contributed by atoms with Gasteiger partial charge in [0.15, 0.2) is 5.78 Å². The minimum atomic E-state index is -1.79. The van der Waals surface area contributed by atoms with Gasteiger partial charge in [0.25, 0.3) is 0 Å². The van der Waals surface area contributed by atoms with Crippen LogP contribution in [0.4, 0.5) is 0 Å². The van der Waals surface area contributed by atoms with Crippen LogP contribution in [-0.2, 0) is 11.4 Å². The van der Waals surface area contributed by atoms with Crippen LogP contribution in [0.25, 0.3) is 0 Å². The van der Waals surface area contributed by atoms with Gasteiger partial charge >= 0.3 is 0 Å². The predicted molar refractivity (Wildman–Crippen MR) is 77.3 cm³/mol. The zero-order valence-corrected chi connectivity index (χ0v) is 12.0. The number of hydrogen-bond donors (Lipinski definition) is 3. The van der Waals surface area contributed by atoms with Crippen LogP contribution < -0.4 is 0 Å². The zero-order valence-electron chi connectivity index (χ0n) is 12.0. The number of aliphatic hydroxyl groups is 3. The number of carbonyl (C=O) groups excluding carboxylic acids is 1. The highest BCUT2D eigenvalue weighted by Crippen LogP contribution is 2.18. The molecule has 21 heavy (non-hydrogen) atoms. The second kappa shape index (κ2) is 8.31. The monoisotopic (exact) mass is 292 g/mol. The Labute approximate surface area is 123 Å². The van der Waals surface area contributed by atoms with Crippen LogP contribution in [0.2, 0.25) is 0 Å². The van der Waals surface area contributed by atoms with E-state index in [9.17, 15) is 4.79 Å². The highest BCUT2D eigenvalue weighted by Gasteiger charge is 2.10. The molecule has 1 aromatic carbocycles. The number of hydrogen-bond acceptors (Lipinski definition) is 5. The number of Topliss-reactive ketones (excluding diaryl/α,β-unsaturated/α-hetero) is 1. The predicted octanol–water partition coefficient (Wildman–Crippen LogP) is 0.871. The summed E-state index contributed by atoms with van der Waals surface area (Å²) < 4.78 is 1.98. The number of imidazole rings is 1. The van der Waals surface area contributed by atoms with Crippen LogP contribution in [0, 0.1) is 0 Å². The van der Waals surface area contributed by atoms with Crippen LogP contribution in [0.1, 0.15) is 31.1 Å². The van der Waals surface area contributed by atoms with Gasteiger partial charge in [-0.05, 0) is 19.4 Å². The number of aliphatic hydroxyl groups excluding tert-OH is 2. The smallest absolute Gasteiger partial charge is 0.212 e. The minimum Gasteiger partial charge on any atom is -0.390 e. The first-order chi connectivity index (χ1) is 9.97. The molecule has 1 aromatic heterocycles. The Morgan fingerprint density at radius 3 is 2.33 bits per heavy atom. The van der Waals surface area contributed by atoms with E-state index in [0.29, 0.717) is 0 Å². The van der Waals surface area contributed by atoms with Gasteiger partial charge in [-0.3, -0.25) is 4.79 Å². The molecule has 3 N–H and O–H groups in total. The summed E-state index contributed by atoms with van der Waals surface area (Å²) in [4.78, 5) is 13.7. The number of ketones is 1. The van der Waals surface area contributed by atoms with Gasteiger partial charge in [0.05, 0.1) is 30.9 Å². The lowest BCUT2D eigenvalue weighted by atomic mass is 10.1. The molecule has 0 aliphatic heterocycles. The van der Waals surface area contributed by atoms with Crippen molar-refractivity contribution < 1.29 is 20.1 Å². The summed E-state index contributed by atoms with van der Waals surface area (Å²) in [5.74, 6) is -0.630. The third-order valence-electron chi connectivity index (χ3n) is 2.97. The Hall–Kier alpha value is -2.02. The summed E-state index contributed by atoms with van der Waals surface area (Å²) in [5, 5.41) is 24.8. The third kappa shape index (κ3) is 5.11. The number of carbonyl (C=O) groups is 1. The van der Waals surface area contributed by atoms with Gasteiger partial charge in [-0.1, -0.05) is 30.3 Å². The first-order valence-corrected chi connectivity index (χ1v) is 6.50. The van der Waals surface area contributed by atoms with Crippen molar-refractivity contribution in [3.63, 3.8) is 0 Å². The van der Waals surface area contributed by atoms with Crippen LogP contribution in [-0.4, -0.2) is 36.9 Å². The molecule has 0 amide bonds. The highest BCUT2D eigenvalue weighted by atomic mass is 16.5. The molecule has 6 heteroatoms. The van der Waals surface area contributed by atoms with Crippen molar-refractivity contribution in [2.75, 3.05) is 0 Å². The average molecular weight is 292 g/mol. The molecule has 0 saturated heterocycles. The Kier molecular flexibility index (Phi) is 6.74. The van der Waals surface area contributed by atoms with E-state index < -0.39 is 12.1 Å². The molecule has 0 aliphatic rings. The molecule has 0 radical (unpaired) electrons. The molecule has 114 valence electrons. The fourth-order valence-corrected chi connectivity index (χ4v) is 1.70. The largest absolute Gasteiger partial charge is 0.390 e. The van der Waals surface area contributed by atoms with Crippen LogP contribution in [0.5, 0.6) is 0 Å². The van der Waals surface area contributed by atoms with Crippen molar-refractivity contribution in [1.29, 1.82) is 0 Å². The Balaban J connectivity index is 0.000000315. The Morgan fingerprint density at radius 1 is 1.29 bits per heavy atom. The first kappa shape index (κ1) is 17.0. The number of rotatable bonds is 4. The second-order valence-electron chi connectivity index (χ2n) is 4.52. The third-order valence-corrected chi connectivity index (χ3v) is 2.97. The van der Waals surface area contributed by atoms with E-state index in [1.54, 1.807) is 12.5 Å². The van der Waals surface area contributed by atoms with Gasteiger partial charge in [0.1, 0.15) is 0 Å². The summed E-state index contributed by atoms with van der Waals surface area (Å²) in [6.45, 7) is 3.22. The summed E-state index contributed by atoms with van der Waals surface area (Å²) in [5.41, 5.74) is 2.05. The van der Waals surface area contributed by atoms with Gasteiger partial charge in [-0.25, -0.2) is 4.98 Å². The molecule has 1 atom stereocenters. The maximum atomic E-state index is 9.64. The summed E-state index contributed by atoms with van der Waals surface area (Å²) in [7, 11) is 0. The van der Waals surface area contributed by atoms with Crippen molar-refractivity contribution in [3.05, 3.63) is 54.1 Å². The maximum Gasteiger partial charge on any atom is 0.212 e.